The largest absolute Gasteiger partial charge is 0.353 e. The molecular weight excluding hydrogens is 200 g/mol. The molecule has 1 atom stereocenters. The predicted molar refractivity (Wildman–Crippen MR) is 67.4 cm³/mol. The fourth-order valence-electron chi connectivity index (χ4n) is 3.20. The highest BCUT2D eigenvalue weighted by Gasteiger charge is 2.56. The third kappa shape index (κ3) is 2.28. The first-order valence-corrected chi connectivity index (χ1v) is 6.43. The van der Waals surface area contributed by atoms with Crippen molar-refractivity contribution in [3.05, 3.63) is 0 Å². The van der Waals surface area contributed by atoms with Crippen LogP contribution < -0.4 is 0 Å². The Balaban J connectivity index is 2.93. The van der Waals surface area contributed by atoms with Crippen molar-refractivity contribution in [2.45, 2.75) is 73.2 Å². The van der Waals surface area contributed by atoms with Crippen molar-refractivity contribution >= 4 is 0 Å². The molecule has 1 fully saturated rings. The molecule has 0 spiro atoms. The molecule has 0 aliphatic carbocycles. The second kappa shape index (κ2) is 4.30. The van der Waals surface area contributed by atoms with Crippen LogP contribution in [0.2, 0.25) is 0 Å². The molecule has 1 heterocycles. The summed E-state index contributed by atoms with van der Waals surface area (Å²) in [7, 11) is 0. The third-order valence-electron chi connectivity index (χ3n) is 3.84. The van der Waals surface area contributed by atoms with E-state index >= 15 is 0 Å². The fourth-order valence-corrected chi connectivity index (χ4v) is 3.20. The molecular formula is C14H28O2. The van der Waals surface area contributed by atoms with Crippen LogP contribution in [-0.2, 0) is 9.47 Å². The molecule has 16 heavy (non-hydrogen) atoms. The highest BCUT2D eigenvalue weighted by molar-refractivity contribution is 5.04. The maximum Gasteiger partial charge on any atom is 0.158 e. The lowest BCUT2D eigenvalue weighted by Gasteiger charge is -2.50. The molecule has 0 saturated carbocycles. The molecule has 2 heteroatoms. The van der Waals surface area contributed by atoms with Gasteiger partial charge in [0, 0.05) is 13.0 Å². The molecule has 1 rings (SSSR count). The molecule has 0 bridgehead atoms. The Kier molecular flexibility index (Phi) is 3.76. The second-order valence-corrected chi connectivity index (χ2v) is 6.87. The Morgan fingerprint density at radius 2 is 1.62 bits per heavy atom. The third-order valence-corrected chi connectivity index (χ3v) is 3.84. The molecule has 0 amide bonds. The summed E-state index contributed by atoms with van der Waals surface area (Å²) in [6.07, 6.45) is 2.09. The van der Waals surface area contributed by atoms with E-state index in [4.69, 9.17) is 9.47 Å². The van der Waals surface area contributed by atoms with Crippen LogP contribution >= 0.6 is 0 Å². The zero-order valence-corrected chi connectivity index (χ0v) is 12.0. The molecule has 96 valence electrons. The van der Waals surface area contributed by atoms with Crippen molar-refractivity contribution in [1.29, 1.82) is 0 Å². The first kappa shape index (κ1) is 14.0. The molecule has 0 radical (unpaired) electrons. The summed E-state index contributed by atoms with van der Waals surface area (Å²) in [5, 5.41) is 0. The summed E-state index contributed by atoms with van der Waals surface area (Å²) in [6, 6.07) is 0. The van der Waals surface area contributed by atoms with Crippen LogP contribution in [0, 0.1) is 10.8 Å². The Hall–Kier alpha value is -0.0800. The van der Waals surface area contributed by atoms with Gasteiger partial charge < -0.3 is 9.47 Å². The standard InChI is InChI=1S/C14H28O2/c1-8-15-11-9-10-14(16-11,12(2,3)4)13(5,6)7/h11H,8-10H2,1-7H3/t11-/m1/s1. The lowest BCUT2D eigenvalue weighted by molar-refractivity contribution is -0.232. The van der Waals surface area contributed by atoms with E-state index < -0.39 is 0 Å². The van der Waals surface area contributed by atoms with Crippen molar-refractivity contribution in [3.63, 3.8) is 0 Å². The van der Waals surface area contributed by atoms with Crippen molar-refractivity contribution in [1.82, 2.24) is 0 Å². The molecule has 1 aliphatic rings. The van der Waals surface area contributed by atoms with Crippen LogP contribution in [0.5, 0.6) is 0 Å². The van der Waals surface area contributed by atoms with Crippen LogP contribution in [0.25, 0.3) is 0 Å². The van der Waals surface area contributed by atoms with E-state index in [-0.39, 0.29) is 22.7 Å². The Morgan fingerprint density at radius 1 is 1.12 bits per heavy atom. The van der Waals surface area contributed by atoms with Crippen LogP contribution in [0.15, 0.2) is 0 Å². The molecule has 0 N–H and O–H groups in total. The van der Waals surface area contributed by atoms with Crippen molar-refractivity contribution in [2.75, 3.05) is 6.61 Å². The van der Waals surface area contributed by atoms with E-state index in [0.717, 1.165) is 19.4 Å². The van der Waals surface area contributed by atoms with E-state index in [9.17, 15) is 0 Å². The van der Waals surface area contributed by atoms with Gasteiger partial charge in [-0.25, -0.2) is 0 Å². The average Bonchev–Trinajstić information content (AvgIpc) is 2.47. The number of hydrogen-bond donors (Lipinski definition) is 0. The summed E-state index contributed by atoms with van der Waals surface area (Å²) in [4.78, 5) is 0. The van der Waals surface area contributed by atoms with E-state index in [1.54, 1.807) is 0 Å². The summed E-state index contributed by atoms with van der Waals surface area (Å²) >= 11 is 0. The highest BCUT2D eigenvalue weighted by atomic mass is 16.7. The van der Waals surface area contributed by atoms with Gasteiger partial charge >= 0.3 is 0 Å². The Labute approximate surface area is 101 Å². The maximum atomic E-state index is 6.30. The molecule has 1 saturated heterocycles. The second-order valence-electron chi connectivity index (χ2n) is 6.87. The van der Waals surface area contributed by atoms with Crippen LogP contribution in [0.4, 0.5) is 0 Å². The number of ether oxygens (including phenoxy) is 2. The van der Waals surface area contributed by atoms with E-state index in [1.807, 2.05) is 6.92 Å². The average molecular weight is 228 g/mol. The van der Waals surface area contributed by atoms with Gasteiger partial charge in [0.15, 0.2) is 6.29 Å². The van der Waals surface area contributed by atoms with E-state index in [2.05, 4.69) is 41.5 Å². The summed E-state index contributed by atoms with van der Waals surface area (Å²) in [5.74, 6) is 0. The van der Waals surface area contributed by atoms with Gasteiger partial charge in [0.1, 0.15) is 0 Å². The number of rotatable bonds is 2. The highest BCUT2D eigenvalue weighted by Crippen LogP contribution is 2.54. The van der Waals surface area contributed by atoms with Gasteiger partial charge in [-0.15, -0.1) is 0 Å². The van der Waals surface area contributed by atoms with Crippen molar-refractivity contribution in [3.8, 4) is 0 Å². The predicted octanol–water partition coefficient (Wildman–Crippen LogP) is 3.99. The first-order chi connectivity index (χ1) is 7.14. The fraction of sp³-hybridized carbons (Fsp3) is 1.00. The van der Waals surface area contributed by atoms with Gasteiger partial charge in [0.05, 0.1) is 5.60 Å². The van der Waals surface area contributed by atoms with Crippen molar-refractivity contribution < 1.29 is 9.47 Å². The minimum absolute atomic E-state index is 0.0107. The van der Waals surface area contributed by atoms with Crippen LogP contribution in [0.1, 0.15) is 61.3 Å². The minimum atomic E-state index is -0.0835. The zero-order chi connectivity index (χ0) is 12.6. The van der Waals surface area contributed by atoms with Gasteiger partial charge in [0.25, 0.3) is 0 Å². The van der Waals surface area contributed by atoms with Crippen LogP contribution in [0.3, 0.4) is 0 Å². The topological polar surface area (TPSA) is 18.5 Å². The monoisotopic (exact) mass is 228 g/mol. The zero-order valence-electron chi connectivity index (χ0n) is 12.0. The number of hydrogen-bond acceptors (Lipinski definition) is 2. The van der Waals surface area contributed by atoms with Gasteiger partial charge in [-0.1, -0.05) is 41.5 Å². The summed E-state index contributed by atoms with van der Waals surface area (Å²) < 4.78 is 11.9. The first-order valence-electron chi connectivity index (χ1n) is 6.43. The lowest BCUT2D eigenvalue weighted by Crippen LogP contribution is -2.53. The Bertz CT molecular complexity index is 218. The van der Waals surface area contributed by atoms with Gasteiger partial charge in [-0.3, -0.25) is 0 Å². The van der Waals surface area contributed by atoms with Crippen molar-refractivity contribution in [2.24, 2.45) is 10.8 Å². The smallest absolute Gasteiger partial charge is 0.158 e. The molecule has 2 nitrogen and oxygen atoms in total. The normalized spacial score (nSPS) is 26.1. The quantitative estimate of drug-likeness (QED) is 0.711. The van der Waals surface area contributed by atoms with E-state index in [0.29, 0.717) is 0 Å². The molecule has 0 unspecified atom stereocenters. The summed E-state index contributed by atoms with van der Waals surface area (Å²) in [6.45, 7) is 16.4. The lowest BCUT2D eigenvalue weighted by atomic mass is 9.61. The molecule has 0 aromatic rings. The molecule has 1 aliphatic heterocycles. The SMILES string of the molecule is CCO[C@H]1CCC(C(C)(C)C)(C(C)(C)C)O1. The van der Waals surface area contributed by atoms with Crippen LogP contribution in [-0.4, -0.2) is 18.5 Å². The maximum absolute atomic E-state index is 6.30. The van der Waals surface area contributed by atoms with Gasteiger partial charge in [0.2, 0.25) is 0 Å². The summed E-state index contributed by atoms with van der Waals surface area (Å²) in [5.41, 5.74) is 0.189. The van der Waals surface area contributed by atoms with E-state index in [1.165, 1.54) is 0 Å². The molecule has 0 aromatic heterocycles. The molecule has 0 aromatic carbocycles. The minimum Gasteiger partial charge on any atom is -0.353 e. The Morgan fingerprint density at radius 3 is 1.94 bits per heavy atom. The van der Waals surface area contributed by atoms with Gasteiger partial charge in [-0.05, 0) is 24.2 Å². The van der Waals surface area contributed by atoms with Gasteiger partial charge in [-0.2, -0.15) is 0 Å².